The lowest BCUT2D eigenvalue weighted by atomic mass is 9.91. The number of nitrogens with zero attached hydrogens (tertiary/aromatic N) is 1. The molecule has 0 aromatic rings. The Morgan fingerprint density at radius 2 is 1.93 bits per heavy atom. The third kappa shape index (κ3) is 2.67. The van der Waals surface area contributed by atoms with Crippen LogP contribution < -0.4 is 5.73 Å². The maximum Gasteiger partial charge on any atom is 0.235 e. The standard InChI is InChI=1S/C10H20N2OS/c1-6-12(7(2)3)9(13)10(4,5)8(11)14/h7H,6H2,1-5H3,(H2,11,14). The van der Waals surface area contributed by atoms with Gasteiger partial charge in [-0.1, -0.05) is 12.2 Å². The predicted molar refractivity (Wildman–Crippen MR) is 63.1 cm³/mol. The summed E-state index contributed by atoms with van der Waals surface area (Å²) >= 11 is 4.89. The van der Waals surface area contributed by atoms with Crippen molar-refractivity contribution >= 4 is 23.1 Å². The summed E-state index contributed by atoms with van der Waals surface area (Å²) in [5.74, 6) is 0.00231. The Balaban J connectivity index is 4.83. The summed E-state index contributed by atoms with van der Waals surface area (Å²) in [6.45, 7) is 10.1. The normalized spacial score (nSPS) is 11.6. The zero-order valence-electron chi connectivity index (χ0n) is 9.63. The van der Waals surface area contributed by atoms with Crippen LogP contribution in [0.5, 0.6) is 0 Å². The van der Waals surface area contributed by atoms with E-state index in [0.717, 1.165) is 0 Å². The van der Waals surface area contributed by atoms with Gasteiger partial charge in [0.05, 0.1) is 10.4 Å². The Hall–Kier alpha value is -0.640. The summed E-state index contributed by atoms with van der Waals surface area (Å²) in [4.78, 5) is 14.1. The third-order valence-electron chi connectivity index (χ3n) is 2.38. The molecule has 0 bridgehead atoms. The van der Waals surface area contributed by atoms with Crippen molar-refractivity contribution in [3.05, 3.63) is 0 Å². The van der Waals surface area contributed by atoms with E-state index in [9.17, 15) is 4.79 Å². The number of thiocarbonyl (C=S) groups is 1. The highest BCUT2D eigenvalue weighted by Gasteiger charge is 2.35. The summed E-state index contributed by atoms with van der Waals surface area (Å²) in [5, 5.41) is 0. The van der Waals surface area contributed by atoms with E-state index >= 15 is 0 Å². The molecule has 0 unspecified atom stereocenters. The van der Waals surface area contributed by atoms with Crippen molar-refractivity contribution in [1.82, 2.24) is 4.90 Å². The highest BCUT2D eigenvalue weighted by Crippen LogP contribution is 2.20. The predicted octanol–water partition coefficient (Wildman–Crippen LogP) is 1.56. The molecule has 0 saturated heterocycles. The van der Waals surface area contributed by atoms with Gasteiger partial charge in [0.25, 0.3) is 0 Å². The van der Waals surface area contributed by atoms with Crippen molar-refractivity contribution < 1.29 is 4.79 Å². The smallest absolute Gasteiger partial charge is 0.235 e. The molecule has 0 aromatic heterocycles. The fourth-order valence-corrected chi connectivity index (χ4v) is 1.29. The molecule has 0 rings (SSSR count). The number of rotatable bonds is 4. The molecule has 0 aromatic carbocycles. The Labute approximate surface area is 91.6 Å². The van der Waals surface area contributed by atoms with Crippen molar-refractivity contribution in [2.24, 2.45) is 11.1 Å². The van der Waals surface area contributed by atoms with Crippen LogP contribution in [0.3, 0.4) is 0 Å². The van der Waals surface area contributed by atoms with E-state index in [0.29, 0.717) is 6.54 Å². The van der Waals surface area contributed by atoms with E-state index in [-0.39, 0.29) is 16.9 Å². The molecule has 1 amide bonds. The van der Waals surface area contributed by atoms with Gasteiger partial charge in [-0.3, -0.25) is 4.79 Å². The van der Waals surface area contributed by atoms with Gasteiger partial charge in [0.1, 0.15) is 0 Å². The van der Waals surface area contributed by atoms with Gasteiger partial charge in [-0.25, -0.2) is 0 Å². The molecular formula is C10H20N2OS. The molecule has 0 aliphatic carbocycles. The minimum absolute atomic E-state index is 0.00231. The van der Waals surface area contributed by atoms with Crippen LogP contribution in [0, 0.1) is 5.41 Å². The molecule has 2 N–H and O–H groups in total. The second kappa shape index (κ2) is 4.73. The number of carbonyl (C=O) groups is 1. The van der Waals surface area contributed by atoms with Gasteiger partial charge >= 0.3 is 0 Å². The van der Waals surface area contributed by atoms with Crippen molar-refractivity contribution in [1.29, 1.82) is 0 Å². The van der Waals surface area contributed by atoms with E-state index in [2.05, 4.69) is 0 Å². The summed E-state index contributed by atoms with van der Waals surface area (Å²) in [7, 11) is 0. The lowest BCUT2D eigenvalue weighted by Crippen LogP contribution is -2.49. The lowest BCUT2D eigenvalue weighted by molar-refractivity contribution is -0.138. The van der Waals surface area contributed by atoms with Gasteiger partial charge < -0.3 is 10.6 Å². The highest BCUT2D eigenvalue weighted by molar-refractivity contribution is 7.80. The van der Waals surface area contributed by atoms with Crippen LogP contribution in [-0.2, 0) is 4.79 Å². The number of amides is 1. The summed E-state index contributed by atoms with van der Waals surface area (Å²) in [6.07, 6.45) is 0. The van der Waals surface area contributed by atoms with Crippen LogP contribution in [-0.4, -0.2) is 28.4 Å². The zero-order chi connectivity index (χ0) is 11.5. The van der Waals surface area contributed by atoms with Gasteiger partial charge in [0.15, 0.2) is 0 Å². The molecule has 0 heterocycles. The van der Waals surface area contributed by atoms with Crippen molar-refractivity contribution in [3.63, 3.8) is 0 Å². The average molecular weight is 216 g/mol. The molecule has 4 heteroatoms. The van der Waals surface area contributed by atoms with Crippen LogP contribution >= 0.6 is 12.2 Å². The quantitative estimate of drug-likeness (QED) is 0.725. The molecule has 0 saturated carbocycles. The Morgan fingerprint density at radius 3 is 2.14 bits per heavy atom. The van der Waals surface area contributed by atoms with Crippen molar-refractivity contribution in [3.8, 4) is 0 Å². The second-order valence-corrected chi connectivity index (χ2v) is 4.61. The SMILES string of the molecule is CCN(C(=O)C(C)(C)C(N)=S)C(C)C. The van der Waals surface area contributed by atoms with Gasteiger partial charge in [-0.2, -0.15) is 0 Å². The van der Waals surface area contributed by atoms with Crippen LogP contribution in [0.4, 0.5) is 0 Å². The Kier molecular flexibility index (Phi) is 4.52. The van der Waals surface area contributed by atoms with Gasteiger partial charge in [-0.05, 0) is 34.6 Å². The minimum Gasteiger partial charge on any atom is -0.392 e. The van der Waals surface area contributed by atoms with E-state index in [1.165, 1.54) is 0 Å². The summed E-state index contributed by atoms with van der Waals surface area (Å²) in [6, 6.07) is 0.182. The number of hydrogen-bond acceptors (Lipinski definition) is 2. The van der Waals surface area contributed by atoms with Crippen molar-refractivity contribution in [2.75, 3.05) is 6.54 Å². The van der Waals surface area contributed by atoms with Crippen LogP contribution in [0.25, 0.3) is 0 Å². The first-order valence-electron chi connectivity index (χ1n) is 4.86. The summed E-state index contributed by atoms with van der Waals surface area (Å²) in [5.41, 5.74) is 4.81. The molecule has 82 valence electrons. The summed E-state index contributed by atoms with van der Waals surface area (Å²) < 4.78 is 0. The molecule has 0 aliphatic heterocycles. The van der Waals surface area contributed by atoms with Crippen LogP contribution in [0.2, 0.25) is 0 Å². The van der Waals surface area contributed by atoms with E-state index in [4.69, 9.17) is 18.0 Å². The second-order valence-electron chi connectivity index (χ2n) is 4.17. The monoisotopic (exact) mass is 216 g/mol. The van der Waals surface area contributed by atoms with Gasteiger partial charge in [0.2, 0.25) is 5.91 Å². The first kappa shape index (κ1) is 13.4. The fourth-order valence-electron chi connectivity index (χ4n) is 1.21. The first-order valence-corrected chi connectivity index (χ1v) is 5.27. The Bertz CT molecular complexity index is 236. The first-order chi connectivity index (χ1) is 6.25. The lowest BCUT2D eigenvalue weighted by Gasteiger charge is -2.33. The van der Waals surface area contributed by atoms with Crippen LogP contribution in [0.1, 0.15) is 34.6 Å². The topological polar surface area (TPSA) is 46.3 Å². The molecule has 0 spiro atoms. The van der Waals surface area contributed by atoms with E-state index < -0.39 is 5.41 Å². The van der Waals surface area contributed by atoms with E-state index in [1.807, 2.05) is 20.8 Å². The van der Waals surface area contributed by atoms with Gasteiger partial charge in [-0.15, -0.1) is 0 Å². The van der Waals surface area contributed by atoms with Crippen molar-refractivity contribution in [2.45, 2.75) is 40.7 Å². The third-order valence-corrected chi connectivity index (χ3v) is 2.89. The largest absolute Gasteiger partial charge is 0.392 e. The van der Waals surface area contributed by atoms with Crippen LogP contribution in [0.15, 0.2) is 0 Å². The van der Waals surface area contributed by atoms with Gasteiger partial charge in [0, 0.05) is 12.6 Å². The minimum atomic E-state index is -0.740. The maximum absolute atomic E-state index is 12.0. The molecule has 14 heavy (non-hydrogen) atoms. The number of hydrogen-bond donors (Lipinski definition) is 1. The number of nitrogens with two attached hydrogens (primary N) is 1. The molecular weight excluding hydrogens is 196 g/mol. The average Bonchev–Trinajstić information content (AvgIpc) is 2.04. The highest BCUT2D eigenvalue weighted by atomic mass is 32.1. The zero-order valence-corrected chi connectivity index (χ0v) is 10.4. The maximum atomic E-state index is 12.0. The number of carbonyl (C=O) groups excluding carboxylic acids is 1. The molecule has 0 fully saturated rings. The Morgan fingerprint density at radius 1 is 1.50 bits per heavy atom. The fraction of sp³-hybridized carbons (Fsp3) is 0.800. The molecule has 0 radical (unpaired) electrons. The van der Waals surface area contributed by atoms with E-state index in [1.54, 1.807) is 18.7 Å². The molecule has 0 aliphatic rings. The molecule has 3 nitrogen and oxygen atoms in total. The molecule has 0 atom stereocenters.